The summed E-state index contributed by atoms with van der Waals surface area (Å²) >= 11 is 0. The fourth-order valence-corrected chi connectivity index (χ4v) is 3.70. The van der Waals surface area contributed by atoms with Gasteiger partial charge in [-0.2, -0.15) is 9.49 Å². The van der Waals surface area contributed by atoms with Gasteiger partial charge in [0.1, 0.15) is 5.69 Å². The quantitative estimate of drug-likeness (QED) is 0.620. The number of nitrogens with one attached hydrogen (secondary N) is 1. The molecule has 0 radical (unpaired) electrons. The predicted octanol–water partition coefficient (Wildman–Crippen LogP) is 3.72. The molecule has 2 atom stereocenters. The number of hydrogen-bond donors (Lipinski definition) is 1. The van der Waals surface area contributed by atoms with E-state index in [-0.39, 0.29) is 11.8 Å². The smallest absolute Gasteiger partial charge is 0.228 e. The van der Waals surface area contributed by atoms with Gasteiger partial charge in [0.05, 0.1) is 18.7 Å². The number of aromatic nitrogens is 3. The lowest BCUT2D eigenvalue weighted by Crippen LogP contribution is -2.26. The normalized spacial score (nSPS) is 20.3. The number of anilines is 1. The summed E-state index contributed by atoms with van der Waals surface area (Å²) in [5.41, 5.74) is 1.86. The van der Waals surface area contributed by atoms with Crippen LogP contribution in [0.5, 0.6) is 5.75 Å². The molecule has 29 heavy (non-hydrogen) atoms. The van der Waals surface area contributed by atoms with Gasteiger partial charge >= 0.3 is 0 Å². The van der Waals surface area contributed by atoms with Gasteiger partial charge in [-0.3, -0.25) is 9.48 Å². The van der Waals surface area contributed by atoms with E-state index in [4.69, 9.17) is 4.74 Å². The lowest BCUT2D eigenvalue weighted by atomic mass is 9.93. The highest BCUT2D eigenvalue weighted by atomic mass is 19.1. The SMILES string of the molecule is CCn1cc(OC[C@]2(c3ccccc3)C[C@@H]2C(=O)Nc2ccnc(F)c2)c(C)n1. The summed E-state index contributed by atoms with van der Waals surface area (Å²) in [6.45, 7) is 5.06. The van der Waals surface area contributed by atoms with Crippen molar-refractivity contribution in [3.8, 4) is 5.75 Å². The highest BCUT2D eigenvalue weighted by Crippen LogP contribution is 2.55. The number of ether oxygens (including phenoxy) is 1. The van der Waals surface area contributed by atoms with Gasteiger partial charge in [-0.15, -0.1) is 0 Å². The molecule has 1 fully saturated rings. The first-order valence-corrected chi connectivity index (χ1v) is 9.66. The van der Waals surface area contributed by atoms with Gasteiger partial charge in [0.15, 0.2) is 5.75 Å². The first-order valence-electron chi connectivity index (χ1n) is 9.66. The molecule has 6 nitrogen and oxygen atoms in total. The molecule has 2 aromatic heterocycles. The van der Waals surface area contributed by atoms with E-state index < -0.39 is 11.4 Å². The Morgan fingerprint density at radius 3 is 2.83 bits per heavy atom. The summed E-state index contributed by atoms with van der Waals surface area (Å²) in [5, 5.41) is 7.21. The van der Waals surface area contributed by atoms with Crippen molar-refractivity contribution in [3.63, 3.8) is 0 Å². The van der Waals surface area contributed by atoms with Gasteiger partial charge in [-0.1, -0.05) is 30.3 Å². The lowest BCUT2D eigenvalue weighted by Gasteiger charge is -2.19. The fraction of sp³-hybridized carbons (Fsp3) is 0.318. The van der Waals surface area contributed by atoms with Crippen molar-refractivity contribution in [3.05, 3.63) is 72.1 Å². The van der Waals surface area contributed by atoms with Crippen molar-refractivity contribution >= 4 is 11.6 Å². The number of halogens is 1. The Balaban J connectivity index is 1.53. The third-order valence-electron chi connectivity index (χ3n) is 5.45. The van der Waals surface area contributed by atoms with E-state index in [1.54, 1.807) is 6.07 Å². The van der Waals surface area contributed by atoms with Crippen LogP contribution in [0.4, 0.5) is 10.1 Å². The number of aryl methyl sites for hydroxylation is 2. The Labute approximate surface area is 168 Å². The third kappa shape index (κ3) is 3.85. The van der Waals surface area contributed by atoms with Crippen LogP contribution in [0.25, 0.3) is 0 Å². The van der Waals surface area contributed by atoms with Crippen LogP contribution in [0.15, 0.2) is 54.9 Å². The molecule has 0 spiro atoms. The summed E-state index contributed by atoms with van der Waals surface area (Å²) < 4.78 is 21.3. The van der Waals surface area contributed by atoms with Gasteiger partial charge in [0, 0.05) is 29.9 Å². The van der Waals surface area contributed by atoms with Gasteiger partial charge in [-0.25, -0.2) is 4.98 Å². The van der Waals surface area contributed by atoms with Crippen LogP contribution < -0.4 is 10.1 Å². The molecule has 1 aliphatic carbocycles. The highest BCUT2D eigenvalue weighted by molar-refractivity contribution is 5.96. The van der Waals surface area contributed by atoms with Gasteiger partial charge in [0.2, 0.25) is 11.9 Å². The highest BCUT2D eigenvalue weighted by Gasteiger charge is 2.60. The van der Waals surface area contributed by atoms with E-state index in [9.17, 15) is 9.18 Å². The second kappa shape index (κ2) is 7.66. The maximum absolute atomic E-state index is 13.3. The maximum Gasteiger partial charge on any atom is 0.228 e. The number of benzene rings is 1. The van der Waals surface area contributed by atoms with Gasteiger partial charge < -0.3 is 10.1 Å². The summed E-state index contributed by atoms with van der Waals surface area (Å²) in [5.74, 6) is -0.309. The van der Waals surface area contributed by atoms with E-state index in [2.05, 4.69) is 15.4 Å². The predicted molar refractivity (Wildman–Crippen MR) is 107 cm³/mol. The number of rotatable bonds is 7. The molecule has 1 aromatic carbocycles. The molecule has 0 unspecified atom stereocenters. The minimum Gasteiger partial charge on any atom is -0.489 e. The monoisotopic (exact) mass is 394 g/mol. The average Bonchev–Trinajstić information content (AvgIpc) is 3.36. The van der Waals surface area contributed by atoms with Crippen molar-refractivity contribution in [2.45, 2.75) is 32.2 Å². The minimum atomic E-state index is -0.625. The third-order valence-corrected chi connectivity index (χ3v) is 5.45. The fourth-order valence-electron chi connectivity index (χ4n) is 3.70. The number of nitrogens with zero attached hydrogens (tertiary/aromatic N) is 3. The Bertz CT molecular complexity index is 1020. The van der Waals surface area contributed by atoms with E-state index in [1.807, 2.05) is 55.1 Å². The molecule has 4 rings (SSSR count). The summed E-state index contributed by atoms with van der Waals surface area (Å²) in [7, 11) is 0. The molecular weight excluding hydrogens is 371 g/mol. The van der Waals surface area contributed by atoms with Crippen LogP contribution in [0.1, 0.15) is 24.6 Å². The molecule has 7 heteroatoms. The summed E-state index contributed by atoms with van der Waals surface area (Å²) in [4.78, 5) is 16.4. The maximum atomic E-state index is 13.3. The first kappa shape index (κ1) is 19.1. The molecule has 2 heterocycles. The molecule has 1 amide bonds. The van der Waals surface area contributed by atoms with Crippen molar-refractivity contribution in [2.75, 3.05) is 11.9 Å². The average molecular weight is 394 g/mol. The van der Waals surface area contributed by atoms with Crippen LogP contribution in [0.3, 0.4) is 0 Å². The van der Waals surface area contributed by atoms with Gasteiger partial charge in [-0.05, 0) is 31.9 Å². The zero-order valence-electron chi connectivity index (χ0n) is 16.4. The molecule has 1 N–H and O–H groups in total. The second-order valence-electron chi connectivity index (χ2n) is 7.36. The first-order chi connectivity index (χ1) is 14.0. The Kier molecular flexibility index (Phi) is 5.05. The number of pyridine rings is 1. The largest absolute Gasteiger partial charge is 0.489 e. The van der Waals surface area contributed by atoms with Crippen LogP contribution in [0.2, 0.25) is 0 Å². The Morgan fingerprint density at radius 2 is 2.14 bits per heavy atom. The Hall–Kier alpha value is -3.22. The van der Waals surface area contributed by atoms with E-state index in [0.29, 0.717) is 18.7 Å². The molecule has 0 bridgehead atoms. The number of hydrogen-bond acceptors (Lipinski definition) is 4. The standard InChI is InChI=1S/C22H23FN4O2/c1-3-27-13-19(15(2)26-27)29-14-22(16-7-5-4-6-8-16)12-18(22)21(28)25-17-9-10-24-20(23)11-17/h4-11,13,18H,3,12,14H2,1-2H3,(H,24,25,28)/t18-,22+/m1/s1. The molecule has 150 valence electrons. The van der Waals surface area contributed by atoms with Crippen molar-refractivity contribution in [2.24, 2.45) is 5.92 Å². The number of amides is 1. The van der Waals surface area contributed by atoms with Crippen molar-refractivity contribution in [1.29, 1.82) is 0 Å². The van der Waals surface area contributed by atoms with Crippen LogP contribution >= 0.6 is 0 Å². The molecule has 0 aliphatic heterocycles. The minimum absolute atomic E-state index is 0.149. The molecule has 1 aliphatic rings. The van der Waals surface area contributed by atoms with E-state index >= 15 is 0 Å². The van der Waals surface area contributed by atoms with Crippen molar-refractivity contribution < 1.29 is 13.9 Å². The van der Waals surface area contributed by atoms with Gasteiger partial charge in [0.25, 0.3) is 0 Å². The van der Waals surface area contributed by atoms with Crippen LogP contribution in [-0.2, 0) is 16.8 Å². The lowest BCUT2D eigenvalue weighted by molar-refractivity contribution is -0.117. The molecular formula is C22H23FN4O2. The van der Waals surface area contributed by atoms with E-state index in [0.717, 1.165) is 23.6 Å². The van der Waals surface area contributed by atoms with Crippen molar-refractivity contribution in [1.82, 2.24) is 14.8 Å². The zero-order chi connectivity index (χ0) is 20.4. The molecule has 1 saturated carbocycles. The van der Waals surface area contributed by atoms with Crippen LogP contribution in [-0.4, -0.2) is 27.3 Å². The molecule has 0 saturated heterocycles. The topological polar surface area (TPSA) is 69.0 Å². The number of carbonyl (C=O) groups excluding carboxylic acids is 1. The summed E-state index contributed by atoms with van der Waals surface area (Å²) in [6.07, 6.45) is 3.88. The van der Waals surface area contributed by atoms with E-state index in [1.165, 1.54) is 12.3 Å². The molecule has 3 aromatic rings. The second-order valence-corrected chi connectivity index (χ2v) is 7.36. The summed E-state index contributed by atoms with van der Waals surface area (Å²) in [6, 6.07) is 12.7. The van der Waals surface area contributed by atoms with Crippen LogP contribution in [0, 0.1) is 18.8 Å². The Morgan fingerprint density at radius 1 is 1.34 bits per heavy atom. The number of carbonyl (C=O) groups is 1. The zero-order valence-corrected chi connectivity index (χ0v) is 16.4.